The SMILES string of the molecule is CCn1cc(C#N)c(C(N)=O)n1. The number of primary amides is 1. The number of nitriles is 1. The van der Waals surface area contributed by atoms with E-state index in [1.165, 1.54) is 10.9 Å². The van der Waals surface area contributed by atoms with Crippen LogP contribution in [0.1, 0.15) is 23.0 Å². The Bertz CT molecular complexity index is 347. The van der Waals surface area contributed by atoms with Crippen LogP contribution in [0.25, 0.3) is 0 Å². The zero-order chi connectivity index (χ0) is 9.14. The van der Waals surface area contributed by atoms with Gasteiger partial charge in [-0.2, -0.15) is 10.4 Å². The lowest BCUT2D eigenvalue weighted by Gasteiger charge is -1.89. The standard InChI is InChI=1S/C7H8N4O/c1-2-11-4-5(3-8)6(10-11)7(9)12/h4H,2H2,1H3,(H2,9,12). The first-order valence-corrected chi connectivity index (χ1v) is 3.46. The molecule has 0 bridgehead atoms. The van der Waals surface area contributed by atoms with Crippen molar-refractivity contribution in [1.82, 2.24) is 9.78 Å². The molecule has 5 heteroatoms. The number of nitrogens with zero attached hydrogens (tertiary/aromatic N) is 3. The van der Waals surface area contributed by atoms with Crippen LogP contribution in [0.4, 0.5) is 0 Å². The molecule has 0 saturated heterocycles. The van der Waals surface area contributed by atoms with Crippen LogP contribution in [-0.2, 0) is 6.54 Å². The lowest BCUT2D eigenvalue weighted by molar-refractivity contribution is 0.0994. The molecule has 12 heavy (non-hydrogen) atoms. The zero-order valence-corrected chi connectivity index (χ0v) is 6.61. The summed E-state index contributed by atoms with van der Waals surface area (Å²) in [5.41, 5.74) is 5.26. The first-order chi connectivity index (χ1) is 5.69. The Morgan fingerprint density at radius 3 is 2.92 bits per heavy atom. The molecule has 0 spiro atoms. The van der Waals surface area contributed by atoms with Crippen molar-refractivity contribution in [2.45, 2.75) is 13.5 Å². The third kappa shape index (κ3) is 1.27. The average molecular weight is 164 g/mol. The highest BCUT2D eigenvalue weighted by molar-refractivity contribution is 5.93. The molecular weight excluding hydrogens is 156 g/mol. The number of aryl methyl sites for hydroxylation is 1. The summed E-state index contributed by atoms with van der Waals surface area (Å²) < 4.78 is 1.50. The van der Waals surface area contributed by atoms with Crippen molar-refractivity contribution in [2.24, 2.45) is 5.73 Å². The van der Waals surface area contributed by atoms with E-state index < -0.39 is 5.91 Å². The zero-order valence-electron chi connectivity index (χ0n) is 6.61. The van der Waals surface area contributed by atoms with E-state index in [1.54, 1.807) is 0 Å². The van der Waals surface area contributed by atoms with E-state index in [-0.39, 0.29) is 11.3 Å². The molecule has 0 fully saturated rings. The Morgan fingerprint density at radius 1 is 1.92 bits per heavy atom. The van der Waals surface area contributed by atoms with Crippen molar-refractivity contribution >= 4 is 5.91 Å². The molecule has 2 N–H and O–H groups in total. The maximum absolute atomic E-state index is 10.7. The predicted molar refractivity (Wildman–Crippen MR) is 41.1 cm³/mol. The van der Waals surface area contributed by atoms with E-state index in [0.29, 0.717) is 6.54 Å². The Kier molecular flexibility index (Phi) is 2.10. The molecule has 0 atom stereocenters. The highest BCUT2D eigenvalue weighted by Crippen LogP contribution is 2.03. The maximum atomic E-state index is 10.7. The second-order valence-electron chi connectivity index (χ2n) is 2.22. The summed E-state index contributed by atoms with van der Waals surface area (Å²) in [6, 6.07) is 1.85. The summed E-state index contributed by atoms with van der Waals surface area (Å²) in [7, 11) is 0. The minimum absolute atomic E-state index is 0.0411. The lowest BCUT2D eigenvalue weighted by Crippen LogP contribution is -2.13. The molecule has 1 heterocycles. The molecule has 1 aromatic heterocycles. The second kappa shape index (κ2) is 3.05. The fraction of sp³-hybridized carbons (Fsp3) is 0.286. The van der Waals surface area contributed by atoms with Crippen molar-refractivity contribution in [3.8, 4) is 6.07 Å². The van der Waals surface area contributed by atoms with Gasteiger partial charge in [-0.3, -0.25) is 9.48 Å². The molecule has 1 amide bonds. The number of nitrogens with two attached hydrogens (primary N) is 1. The topological polar surface area (TPSA) is 84.7 Å². The summed E-state index contributed by atoms with van der Waals surface area (Å²) >= 11 is 0. The fourth-order valence-electron chi connectivity index (χ4n) is 0.847. The number of amides is 1. The number of hydrogen-bond donors (Lipinski definition) is 1. The van der Waals surface area contributed by atoms with Crippen LogP contribution in [0, 0.1) is 11.3 Å². The number of hydrogen-bond acceptors (Lipinski definition) is 3. The van der Waals surface area contributed by atoms with Gasteiger partial charge in [-0.25, -0.2) is 0 Å². The molecule has 1 aromatic rings. The summed E-state index contributed by atoms with van der Waals surface area (Å²) in [4.78, 5) is 10.7. The summed E-state index contributed by atoms with van der Waals surface area (Å²) in [6.45, 7) is 2.47. The van der Waals surface area contributed by atoms with Crippen molar-refractivity contribution < 1.29 is 4.79 Å². The maximum Gasteiger partial charge on any atom is 0.270 e. The fourth-order valence-corrected chi connectivity index (χ4v) is 0.847. The number of rotatable bonds is 2. The first-order valence-electron chi connectivity index (χ1n) is 3.46. The molecule has 5 nitrogen and oxygen atoms in total. The van der Waals surface area contributed by atoms with Crippen molar-refractivity contribution in [3.05, 3.63) is 17.5 Å². The summed E-state index contributed by atoms with van der Waals surface area (Å²) in [5, 5.41) is 12.4. The monoisotopic (exact) mass is 164 g/mol. The van der Waals surface area contributed by atoms with Crippen LogP contribution in [0.3, 0.4) is 0 Å². The molecule has 0 aliphatic carbocycles. The van der Waals surface area contributed by atoms with E-state index >= 15 is 0 Å². The Hall–Kier alpha value is -1.83. The lowest BCUT2D eigenvalue weighted by atomic mass is 10.3. The van der Waals surface area contributed by atoms with E-state index in [0.717, 1.165) is 0 Å². The Labute approximate surface area is 69.4 Å². The van der Waals surface area contributed by atoms with Crippen LogP contribution in [0.2, 0.25) is 0 Å². The second-order valence-corrected chi connectivity index (χ2v) is 2.22. The van der Waals surface area contributed by atoms with Gasteiger partial charge in [0.05, 0.1) is 0 Å². The van der Waals surface area contributed by atoms with Crippen LogP contribution in [0.15, 0.2) is 6.20 Å². The minimum Gasteiger partial charge on any atom is -0.364 e. The van der Waals surface area contributed by atoms with Crippen LogP contribution in [-0.4, -0.2) is 15.7 Å². The summed E-state index contributed by atoms with van der Waals surface area (Å²) in [6.07, 6.45) is 1.50. The number of carbonyl (C=O) groups excluding carboxylic acids is 1. The largest absolute Gasteiger partial charge is 0.364 e. The number of aromatic nitrogens is 2. The average Bonchev–Trinajstić information content (AvgIpc) is 2.47. The van der Waals surface area contributed by atoms with Gasteiger partial charge in [0.2, 0.25) is 0 Å². The quantitative estimate of drug-likeness (QED) is 0.660. The van der Waals surface area contributed by atoms with E-state index in [9.17, 15) is 4.79 Å². The first kappa shape index (κ1) is 8.27. The van der Waals surface area contributed by atoms with Gasteiger partial charge >= 0.3 is 0 Å². The molecule has 0 aliphatic heterocycles. The van der Waals surface area contributed by atoms with E-state index in [1.807, 2.05) is 13.0 Å². The van der Waals surface area contributed by atoms with Gasteiger partial charge in [0.25, 0.3) is 5.91 Å². The third-order valence-corrected chi connectivity index (χ3v) is 1.44. The highest BCUT2D eigenvalue weighted by atomic mass is 16.1. The van der Waals surface area contributed by atoms with Crippen molar-refractivity contribution in [3.63, 3.8) is 0 Å². The molecule has 0 aromatic carbocycles. The van der Waals surface area contributed by atoms with Crippen LogP contribution in [0.5, 0.6) is 0 Å². The molecule has 62 valence electrons. The molecule has 0 saturated carbocycles. The molecule has 0 aliphatic rings. The molecule has 0 radical (unpaired) electrons. The van der Waals surface area contributed by atoms with Gasteiger partial charge in [-0.05, 0) is 6.92 Å². The Balaban J connectivity index is 3.19. The number of carbonyl (C=O) groups is 1. The van der Waals surface area contributed by atoms with Gasteiger partial charge in [0, 0.05) is 12.7 Å². The summed E-state index contributed by atoms with van der Waals surface area (Å²) in [5.74, 6) is -0.668. The molecular formula is C7H8N4O. The van der Waals surface area contributed by atoms with Gasteiger partial charge in [-0.15, -0.1) is 0 Å². The van der Waals surface area contributed by atoms with Gasteiger partial charge < -0.3 is 5.73 Å². The highest BCUT2D eigenvalue weighted by Gasteiger charge is 2.12. The van der Waals surface area contributed by atoms with Crippen LogP contribution >= 0.6 is 0 Å². The van der Waals surface area contributed by atoms with E-state index in [4.69, 9.17) is 11.0 Å². The van der Waals surface area contributed by atoms with Crippen molar-refractivity contribution in [1.29, 1.82) is 5.26 Å². The normalized spacial score (nSPS) is 9.33. The minimum atomic E-state index is -0.668. The van der Waals surface area contributed by atoms with Gasteiger partial charge in [-0.1, -0.05) is 0 Å². The van der Waals surface area contributed by atoms with Crippen molar-refractivity contribution in [2.75, 3.05) is 0 Å². The molecule has 0 unspecified atom stereocenters. The third-order valence-electron chi connectivity index (χ3n) is 1.44. The van der Waals surface area contributed by atoms with Gasteiger partial charge in [0.1, 0.15) is 11.6 Å². The van der Waals surface area contributed by atoms with Gasteiger partial charge in [0.15, 0.2) is 5.69 Å². The van der Waals surface area contributed by atoms with E-state index in [2.05, 4.69) is 5.10 Å². The molecule has 1 rings (SSSR count). The Morgan fingerprint density at radius 2 is 2.58 bits per heavy atom. The van der Waals surface area contributed by atoms with Crippen LogP contribution < -0.4 is 5.73 Å². The smallest absolute Gasteiger partial charge is 0.270 e. The predicted octanol–water partition coefficient (Wildman–Crippen LogP) is -0.126.